The highest BCUT2D eigenvalue weighted by molar-refractivity contribution is 6.30. The lowest BCUT2D eigenvalue weighted by Gasteiger charge is -2.59. The van der Waals surface area contributed by atoms with Gasteiger partial charge in [0.05, 0.1) is 12.4 Å². The van der Waals surface area contributed by atoms with Gasteiger partial charge >= 0.3 is 12.2 Å². The van der Waals surface area contributed by atoms with E-state index in [0.29, 0.717) is 30.9 Å². The van der Waals surface area contributed by atoms with Gasteiger partial charge in [0.15, 0.2) is 5.69 Å². The van der Waals surface area contributed by atoms with E-state index in [-0.39, 0.29) is 18.1 Å². The van der Waals surface area contributed by atoms with E-state index in [9.17, 15) is 18.0 Å². The Morgan fingerprint density at radius 1 is 1.14 bits per heavy atom. The molecule has 35 heavy (non-hydrogen) atoms. The molecule has 2 aliphatic heterocycles. The molecule has 1 atom stereocenters. The summed E-state index contributed by atoms with van der Waals surface area (Å²) in [5, 5.41) is 3.92. The standard InChI is InChI=1S/C24H28ClF3N6O/c1-16-12-33(21-11-29-20(10-30-21)24(26,27)28)6-7-34(16)22(35)31-19-8-23(9-19)14-32(15-23)13-17-2-4-18(25)5-3-17/h2-5,10-11,16,19H,6-9,12-15H2,1H3,(H,31,35)/t16-/m1/s1. The molecule has 3 aliphatic rings. The van der Waals surface area contributed by atoms with E-state index >= 15 is 0 Å². The highest BCUT2D eigenvalue weighted by atomic mass is 35.5. The molecule has 1 N–H and O–H groups in total. The second kappa shape index (κ2) is 9.13. The van der Waals surface area contributed by atoms with Gasteiger partial charge in [-0.05, 0) is 42.9 Å². The van der Waals surface area contributed by atoms with E-state index in [4.69, 9.17) is 11.6 Å². The van der Waals surface area contributed by atoms with Gasteiger partial charge in [0.2, 0.25) is 0 Å². The van der Waals surface area contributed by atoms with Crippen molar-refractivity contribution in [2.75, 3.05) is 37.6 Å². The second-order valence-corrected chi connectivity index (χ2v) is 10.5. The van der Waals surface area contributed by atoms with Crippen molar-refractivity contribution in [3.05, 3.63) is 52.9 Å². The van der Waals surface area contributed by atoms with Crippen LogP contribution in [-0.4, -0.2) is 70.6 Å². The van der Waals surface area contributed by atoms with Gasteiger partial charge in [0, 0.05) is 56.4 Å². The highest BCUT2D eigenvalue weighted by Crippen LogP contribution is 2.48. The maximum Gasteiger partial charge on any atom is 0.434 e. The molecule has 0 unspecified atom stereocenters. The smallest absolute Gasteiger partial charge is 0.352 e. The fourth-order valence-electron chi connectivity index (χ4n) is 5.56. The van der Waals surface area contributed by atoms with Crippen LogP contribution in [0.25, 0.3) is 0 Å². The molecule has 3 heterocycles. The summed E-state index contributed by atoms with van der Waals surface area (Å²) in [4.78, 5) is 26.4. The van der Waals surface area contributed by atoms with E-state index < -0.39 is 11.9 Å². The van der Waals surface area contributed by atoms with Gasteiger partial charge in [-0.2, -0.15) is 13.2 Å². The Kier molecular flexibility index (Phi) is 6.29. The lowest BCUT2D eigenvalue weighted by molar-refractivity contribution is -0.141. The van der Waals surface area contributed by atoms with Crippen LogP contribution in [0.3, 0.4) is 0 Å². The first kappa shape index (κ1) is 24.1. The van der Waals surface area contributed by atoms with Gasteiger partial charge in [-0.1, -0.05) is 23.7 Å². The number of urea groups is 1. The Morgan fingerprint density at radius 3 is 2.46 bits per heavy atom. The second-order valence-electron chi connectivity index (χ2n) is 10.1. The number of carbonyl (C=O) groups excluding carboxylic acids is 1. The molecule has 5 rings (SSSR count). The lowest BCUT2D eigenvalue weighted by Crippen LogP contribution is -2.67. The lowest BCUT2D eigenvalue weighted by atomic mass is 9.60. The van der Waals surface area contributed by atoms with Gasteiger partial charge in [0.1, 0.15) is 5.82 Å². The van der Waals surface area contributed by atoms with Gasteiger partial charge in [-0.25, -0.2) is 14.8 Å². The summed E-state index contributed by atoms with van der Waals surface area (Å²) in [5.41, 5.74) is 0.560. The first-order chi connectivity index (χ1) is 16.6. The predicted molar refractivity (Wildman–Crippen MR) is 126 cm³/mol. The van der Waals surface area contributed by atoms with Crippen molar-refractivity contribution in [2.24, 2.45) is 5.41 Å². The molecule has 7 nitrogen and oxygen atoms in total. The third-order valence-corrected chi connectivity index (χ3v) is 7.52. The van der Waals surface area contributed by atoms with Crippen molar-refractivity contribution >= 4 is 23.4 Å². The number of amides is 2. The molecule has 3 fully saturated rings. The van der Waals surface area contributed by atoms with Crippen molar-refractivity contribution < 1.29 is 18.0 Å². The van der Waals surface area contributed by atoms with E-state index in [1.165, 1.54) is 5.56 Å². The number of piperazine rings is 1. The number of halogens is 4. The molecule has 11 heteroatoms. The third-order valence-electron chi connectivity index (χ3n) is 7.26. The topological polar surface area (TPSA) is 64.6 Å². The molecule has 188 valence electrons. The highest BCUT2D eigenvalue weighted by Gasteiger charge is 2.52. The fraction of sp³-hybridized carbons (Fsp3) is 0.542. The van der Waals surface area contributed by atoms with Crippen molar-refractivity contribution in [1.29, 1.82) is 0 Å². The number of rotatable bonds is 4. The van der Waals surface area contributed by atoms with Crippen LogP contribution in [-0.2, 0) is 12.7 Å². The number of nitrogens with zero attached hydrogens (tertiary/aromatic N) is 5. The molecule has 2 saturated heterocycles. The number of carbonyl (C=O) groups is 1. The zero-order chi connectivity index (χ0) is 24.8. The number of anilines is 1. The van der Waals surface area contributed by atoms with Crippen LogP contribution in [0.1, 0.15) is 31.0 Å². The minimum atomic E-state index is -4.51. The fourth-order valence-corrected chi connectivity index (χ4v) is 5.69. The Morgan fingerprint density at radius 2 is 1.86 bits per heavy atom. The largest absolute Gasteiger partial charge is 0.434 e. The number of likely N-dealkylation sites (tertiary alicyclic amines) is 1. The molecular formula is C24H28ClF3N6O. The van der Waals surface area contributed by atoms with Crippen LogP contribution >= 0.6 is 11.6 Å². The summed E-state index contributed by atoms with van der Waals surface area (Å²) >= 11 is 5.96. The molecule has 1 spiro atoms. The average Bonchev–Trinajstić information content (AvgIpc) is 2.77. The van der Waals surface area contributed by atoms with E-state index in [1.807, 2.05) is 24.0 Å². The van der Waals surface area contributed by atoms with E-state index in [1.54, 1.807) is 4.90 Å². The average molecular weight is 509 g/mol. The van der Waals surface area contributed by atoms with Gasteiger partial charge in [-0.15, -0.1) is 0 Å². The Bertz CT molecular complexity index is 1050. The Hall–Kier alpha value is -2.59. The molecule has 1 aromatic carbocycles. The minimum Gasteiger partial charge on any atom is -0.352 e. The zero-order valence-corrected chi connectivity index (χ0v) is 20.2. The molecule has 0 bridgehead atoms. The summed E-state index contributed by atoms with van der Waals surface area (Å²) in [6.07, 6.45) is -0.628. The molecule has 1 aliphatic carbocycles. The van der Waals surface area contributed by atoms with Gasteiger partial charge in [0.25, 0.3) is 0 Å². The summed E-state index contributed by atoms with van der Waals surface area (Å²) in [7, 11) is 0. The number of hydrogen-bond donors (Lipinski definition) is 1. The van der Waals surface area contributed by atoms with E-state index in [0.717, 1.165) is 49.9 Å². The summed E-state index contributed by atoms with van der Waals surface area (Å²) in [6, 6.07) is 7.96. The Labute approximate surface area is 207 Å². The number of alkyl halides is 3. The van der Waals surface area contributed by atoms with Gasteiger partial charge in [-0.3, -0.25) is 4.90 Å². The van der Waals surface area contributed by atoms with Crippen LogP contribution in [0.2, 0.25) is 5.02 Å². The Balaban J connectivity index is 1.05. The zero-order valence-electron chi connectivity index (χ0n) is 19.4. The van der Waals surface area contributed by atoms with Crippen LogP contribution < -0.4 is 10.2 Å². The third kappa shape index (κ3) is 5.18. The SMILES string of the molecule is C[C@@H]1CN(c2cnc(C(F)(F)F)cn2)CCN1C(=O)NC1CC2(C1)CN(Cc1ccc(Cl)cc1)C2. The van der Waals surface area contributed by atoms with Crippen LogP contribution in [0.4, 0.5) is 23.8 Å². The number of nitrogens with one attached hydrogen (secondary N) is 1. The minimum absolute atomic E-state index is 0.0761. The first-order valence-corrected chi connectivity index (χ1v) is 12.2. The molecule has 1 aromatic heterocycles. The normalized spacial score (nSPS) is 22.6. The maximum absolute atomic E-state index is 12.9. The van der Waals surface area contributed by atoms with Crippen LogP contribution in [0.5, 0.6) is 0 Å². The number of benzene rings is 1. The van der Waals surface area contributed by atoms with Crippen molar-refractivity contribution in [3.63, 3.8) is 0 Å². The molecule has 1 saturated carbocycles. The number of aromatic nitrogens is 2. The molecule has 0 radical (unpaired) electrons. The van der Waals surface area contributed by atoms with Gasteiger partial charge < -0.3 is 15.1 Å². The maximum atomic E-state index is 12.9. The summed E-state index contributed by atoms with van der Waals surface area (Å²) in [5.74, 6) is 0.388. The molecule has 2 amide bonds. The molecule has 2 aromatic rings. The van der Waals surface area contributed by atoms with E-state index in [2.05, 4.69) is 32.3 Å². The van der Waals surface area contributed by atoms with Crippen LogP contribution in [0, 0.1) is 5.41 Å². The monoisotopic (exact) mass is 508 g/mol. The summed E-state index contributed by atoms with van der Waals surface area (Å²) < 4.78 is 38.2. The van der Waals surface area contributed by atoms with Crippen molar-refractivity contribution in [2.45, 2.75) is 44.6 Å². The quantitative estimate of drug-likeness (QED) is 0.675. The van der Waals surface area contributed by atoms with Crippen molar-refractivity contribution in [3.8, 4) is 0 Å². The van der Waals surface area contributed by atoms with Crippen molar-refractivity contribution in [1.82, 2.24) is 25.1 Å². The summed E-state index contributed by atoms with van der Waals surface area (Å²) in [6.45, 7) is 6.40. The molecular weight excluding hydrogens is 481 g/mol. The predicted octanol–water partition coefficient (Wildman–Crippen LogP) is 4.03. The number of hydrogen-bond acceptors (Lipinski definition) is 5. The van der Waals surface area contributed by atoms with Crippen LogP contribution in [0.15, 0.2) is 36.7 Å². The first-order valence-electron chi connectivity index (χ1n) is 11.8.